The van der Waals surface area contributed by atoms with Crippen molar-refractivity contribution in [3.8, 4) is 10.4 Å². The number of halogens is 1. The van der Waals surface area contributed by atoms with E-state index in [0.29, 0.717) is 0 Å². The molecule has 0 unspecified atom stereocenters. The Morgan fingerprint density at radius 3 is 2.24 bits per heavy atom. The van der Waals surface area contributed by atoms with Crippen molar-refractivity contribution in [3.63, 3.8) is 0 Å². The third-order valence-corrected chi connectivity index (χ3v) is 5.56. The second-order valence-corrected chi connectivity index (χ2v) is 7.77. The normalized spacial score (nSPS) is 12.8. The van der Waals surface area contributed by atoms with Crippen molar-refractivity contribution in [2.75, 3.05) is 0 Å². The number of hydrogen-bond acceptors (Lipinski definition) is 3. The Kier molecular flexibility index (Phi) is 5.51. The van der Waals surface area contributed by atoms with E-state index < -0.39 is 0 Å². The van der Waals surface area contributed by atoms with Crippen LogP contribution in [0, 0.1) is 0 Å². The second-order valence-electron chi connectivity index (χ2n) is 5.77. The number of hydrogen-bond donors (Lipinski definition) is 1. The molecule has 126 valence electrons. The molecule has 2 N–H and O–H groups in total. The van der Waals surface area contributed by atoms with E-state index >= 15 is 0 Å². The van der Waals surface area contributed by atoms with Gasteiger partial charge in [0.1, 0.15) is 0 Å². The van der Waals surface area contributed by atoms with Crippen molar-refractivity contribution >= 4 is 38.7 Å². The molecule has 2 nitrogen and oxygen atoms in total. The van der Waals surface area contributed by atoms with Crippen LogP contribution in [0.1, 0.15) is 24.3 Å². The van der Waals surface area contributed by atoms with Gasteiger partial charge >= 0.3 is 0 Å². The summed E-state index contributed by atoms with van der Waals surface area (Å²) in [6, 6.07) is 22.7. The van der Waals surface area contributed by atoms with Crippen LogP contribution in [0.5, 0.6) is 0 Å². The molecular formula is C21H19BrN2S. The quantitative estimate of drug-likeness (QED) is 0.500. The summed E-state index contributed by atoms with van der Waals surface area (Å²) in [5.74, 6) is 0. The highest BCUT2D eigenvalue weighted by Crippen LogP contribution is 2.30. The number of aliphatic imine (C=N–C) groups is 1. The van der Waals surface area contributed by atoms with Gasteiger partial charge in [0.05, 0.1) is 11.4 Å². The lowest BCUT2D eigenvalue weighted by Gasteiger charge is -2.06. The third kappa shape index (κ3) is 4.27. The zero-order chi connectivity index (χ0) is 17.8. The molecule has 4 heteroatoms. The molecule has 0 aliphatic rings. The van der Waals surface area contributed by atoms with Crippen molar-refractivity contribution in [2.45, 2.75) is 13.8 Å². The summed E-state index contributed by atoms with van der Waals surface area (Å²) in [5.41, 5.74) is 10.8. The molecule has 0 amide bonds. The van der Waals surface area contributed by atoms with Crippen molar-refractivity contribution < 1.29 is 0 Å². The monoisotopic (exact) mass is 410 g/mol. The highest BCUT2D eigenvalue weighted by Gasteiger charge is 2.08. The van der Waals surface area contributed by atoms with Crippen molar-refractivity contribution in [1.29, 1.82) is 0 Å². The number of nitrogens with zero attached hydrogens (tertiary/aromatic N) is 1. The van der Waals surface area contributed by atoms with Crippen LogP contribution in [0.15, 0.2) is 81.9 Å². The van der Waals surface area contributed by atoms with Gasteiger partial charge in [-0.2, -0.15) is 0 Å². The van der Waals surface area contributed by atoms with Crippen LogP contribution in [0.25, 0.3) is 16.1 Å². The standard InChI is InChI=1S/C21H19BrN2S/c1-14(23)21(17-6-4-3-5-7-17)24-15(2)19-12-13-20(25-19)16-8-10-18(22)11-9-16/h3-13H,23H2,1-2H3/b21-14-,24-15?. The SMILES string of the molecule is CC(=N/C(=C(/C)N)c1ccccc1)c1ccc(-c2ccc(Br)cc2)s1. The minimum Gasteiger partial charge on any atom is -0.401 e. The summed E-state index contributed by atoms with van der Waals surface area (Å²) in [4.78, 5) is 7.19. The number of thiophene rings is 1. The molecule has 3 aromatic rings. The fourth-order valence-corrected chi connectivity index (χ4v) is 3.72. The maximum Gasteiger partial charge on any atom is 0.0889 e. The highest BCUT2D eigenvalue weighted by atomic mass is 79.9. The second kappa shape index (κ2) is 7.81. The van der Waals surface area contributed by atoms with E-state index in [1.165, 1.54) is 10.4 Å². The predicted octanol–water partition coefficient (Wildman–Crippen LogP) is 6.33. The van der Waals surface area contributed by atoms with Gasteiger partial charge < -0.3 is 5.73 Å². The molecule has 1 heterocycles. The minimum atomic E-state index is 0.718. The zero-order valence-electron chi connectivity index (χ0n) is 14.2. The van der Waals surface area contributed by atoms with Gasteiger partial charge in [0.25, 0.3) is 0 Å². The van der Waals surface area contributed by atoms with Crippen LogP contribution in [0.4, 0.5) is 0 Å². The first-order valence-corrected chi connectivity index (χ1v) is 9.59. The molecule has 1 aromatic heterocycles. The smallest absolute Gasteiger partial charge is 0.0889 e. The Balaban J connectivity index is 1.92. The summed E-state index contributed by atoms with van der Waals surface area (Å²) in [6.07, 6.45) is 0. The first kappa shape index (κ1) is 17.6. The largest absolute Gasteiger partial charge is 0.401 e. The zero-order valence-corrected chi connectivity index (χ0v) is 16.6. The summed E-state index contributed by atoms with van der Waals surface area (Å²) in [7, 11) is 0. The summed E-state index contributed by atoms with van der Waals surface area (Å²) in [6.45, 7) is 3.92. The Morgan fingerprint density at radius 1 is 0.920 bits per heavy atom. The number of rotatable bonds is 4. The lowest BCUT2D eigenvalue weighted by Crippen LogP contribution is -1.99. The number of benzene rings is 2. The predicted molar refractivity (Wildman–Crippen MR) is 113 cm³/mol. The molecule has 3 rings (SSSR count). The van der Waals surface area contributed by atoms with Crippen LogP contribution < -0.4 is 5.73 Å². The Bertz CT molecular complexity index is 918. The summed E-state index contributed by atoms with van der Waals surface area (Å²) >= 11 is 5.22. The molecule has 0 spiro atoms. The lowest BCUT2D eigenvalue weighted by atomic mass is 10.1. The van der Waals surface area contributed by atoms with E-state index in [-0.39, 0.29) is 0 Å². The Morgan fingerprint density at radius 2 is 1.60 bits per heavy atom. The van der Waals surface area contributed by atoms with Gasteiger partial charge in [-0.25, -0.2) is 4.99 Å². The van der Waals surface area contributed by atoms with E-state index in [1.54, 1.807) is 11.3 Å². The van der Waals surface area contributed by atoms with E-state index in [1.807, 2.05) is 44.2 Å². The number of nitrogens with two attached hydrogens (primary N) is 1. The molecule has 2 aromatic carbocycles. The molecule has 0 aliphatic carbocycles. The van der Waals surface area contributed by atoms with Crippen LogP contribution in [0.3, 0.4) is 0 Å². The van der Waals surface area contributed by atoms with Crippen LogP contribution in [-0.4, -0.2) is 5.71 Å². The maximum absolute atomic E-state index is 6.08. The van der Waals surface area contributed by atoms with Crippen LogP contribution in [-0.2, 0) is 0 Å². The van der Waals surface area contributed by atoms with Gasteiger partial charge in [-0.15, -0.1) is 11.3 Å². The van der Waals surface area contributed by atoms with E-state index in [4.69, 9.17) is 10.7 Å². The van der Waals surface area contributed by atoms with Gasteiger partial charge in [0.2, 0.25) is 0 Å². The van der Waals surface area contributed by atoms with Crippen LogP contribution >= 0.6 is 27.3 Å². The average Bonchev–Trinajstić information content (AvgIpc) is 3.11. The van der Waals surface area contributed by atoms with E-state index in [2.05, 4.69) is 52.3 Å². The molecule has 0 saturated carbocycles. The van der Waals surface area contributed by atoms with Crippen molar-refractivity contribution in [2.24, 2.45) is 10.7 Å². The van der Waals surface area contributed by atoms with Gasteiger partial charge in [-0.1, -0.05) is 58.4 Å². The molecule has 0 radical (unpaired) electrons. The molecule has 0 saturated heterocycles. The van der Waals surface area contributed by atoms with Crippen molar-refractivity contribution in [3.05, 3.63) is 87.3 Å². The molecule has 0 atom stereocenters. The number of allylic oxidation sites excluding steroid dienone is 1. The van der Waals surface area contributed by atoms with Crippen LogP contribution in [0.2, 0.25) is 0 Å². The van der Waals surface area contributed by atoms with Gasteiger partial charge in [-0.05, 0) is 43.7 Å². The van der Waals surface area contributed by atoms with Gasteiger partial charge in [0.15, 0.2) is 0 Å². The maximum atomic E-state index is 6.08. The molecule has 0 bridgehead atoms. The van der Waals surface area contributed by atoms with E-state index in [0.717, 1.165) is 32.0 Å². The topological polar surface area (TPSA) is 38.4 Å². The highest BCUT2D eigenvalue weighted by molar-refractivity contribution is 9.10. The Labute approximate surface area is 160 Å². The van der Waals surface area contributed by atoms with Gasteiger partial charge in [0, 0.05) is 25.5 Å². The fraction of sp³-hybridized carbons (Fsp3) is 0.0952. The van der Waals surface area contributed by atoms with Crippen molar-refractivity contribution in [1.82, 2.24) is 0 Å². The summed E-state index contributed by atoms with van der Waals surface area (Å²) in [5, 5.41) is 0. The first-order chi connectivity index (χ1) is 12.0. The molecular weight excluding hydrogens is 392 g/mol. The van der Waals surface area contributed by atoms with Gasteiger partial charge in [-0.3, -0.25) is 0 Å². The molecule has 0 aliphatic heterocycles. The lowest BCUT2D eigenvalue weighted by molar-refractivity contribution is 1.28. The molecule has 25 heavy (non-hydrogen) atoms. The molecule has 0 fully saturated rings. The fourth-order valence-electron chi connectivity index (χ4n) is 2.50. The third-order valence-electron chi connectivity index (χ3n) is 3.79. The Hall–Kier alpha value is -2.17. The summed E-state index contributed by atoms with van der Waals surface area (Å²) < 4.78 is 1.09. The minimum absolute atomic E-state index is 0.718. The van der Waals surface area contributed by atoms with E-state index in [9.17, 15) is 0 Å². The average molecular weight is 411 g/mol. The first-order valence-electron chi connectivity index (χ1n) is 7.98.